The molecular formula is C50H32N2. The van der Waals surface area contributed by atoms with E-state index < -0.39 is 0 Å². The first kappa shape index (κ1) is 30.0. The lowest BCUT2D eigenvalue weighted by Crippen LogP contribution is -1.97. The van der Waals surface area contributed by atoms with E-state index in [2.05, 4.69) is 182 Å². The SMILES string of the molecule is c1ccc(-c2cc(-c3ccc(-c4ccc(-c5ccc6c7c(cccc57)-c5ccccc5-6)cc4)cc3)nc(-c3ccccc3-c3ccccc3)n2)cc1. The summed E-state index contributed by atoms with van der Waals surface area (Å²) in [7, 11) is 0. The number of hydrogen-bond acceptors (Lipinski definition) is 2. The fraction of sp³-hybridized carbons (Fsp3) is 0. The molecule has 0 atom stereocenters. The second-order valence-electron chi connectivity index (χ2n) is 13.3. The number of hydrogen-bond donors (Lipinski definition) is 0. The minimum atomic E-state index is 0.711. The molecule has 0 bridgehead atoms. The van der Waals surface area contributed by atoms with Crippen LogP contribution in [0.15, 0.2) is 194 Å². The highest BCUT2D eigenvalue weighted by Crippen LogP contribution is 2.49. The van der Waals surface area contributed by atoms with E-state index in [9.17, 15) is 0 Å². The highest BCUT2D eigenvalue weighted by atomic mass is 14.9. The lowest BCUT2D eigenvalue weighted by molar-refractivity contribution is 1.18. The molecule has 9 aromatic rings. The minimum Gasteiger partial charge on any atom is -0.228 e. The summed E-state index contributed by atoms with van der Waals surface area (Å²) in [5.74, 6) is 0.711. The predicted molar refractivity (Wildman–Crippen MR) is 217 cm³/mol. The summed E-state index contributed by atoms with van der Waals surface area (Å²) in [5.41, 5.74) is 17.3. The second kappa shape index (κ2) is 12.5. The summed E-state index contributed by atoms with van der Waals surface area (Å²) >= 11 is 0. The molecule has 0 aliphatic heterocycles. The molecule has 10 rings (SSSR count). The van der Waals surface area contributed by atoms with Crippen LogP contribution in [-0.4, -0.2) is 9.97 Å². The summed E-state index contributed by atoms with van der Waals surface area (Å²) in [6.07, 6.45) is 0. The summed E-state index contributed by atoms with van der Waals surface area (Å²) < 4.78 is 0. The maximum Gasteiger partial charge on any atom is 0.161 e. The molecule has 1 aromatic heterocycles. The van der Waals surface area contributed by atoms with Crippen molar-refractivity contribution in [1.29, 1.82) is 0 Å². The molecule has 0 fully saturated rings. The zero-order valence-corrected chi connectivity index (χ0v) is 28.4. The van der Waals surface area contributed by atoms with Crippen molar-refractivity contribution in [2.24, 2.45) is 0 Å². The standard InChI is InChI=1S/C50H32N2/c1-3-12-35(13-4-1)39-16-7-10-19-46(39)50-51-47(37-14-5-2-6-15-37)32-48(52-50)38-28-24-34(25-29-38)33-22-26-36(27-23-33)40-30-31-45-42-18-9-8-17-41(42)44-21-11-20-43(40)49(44)45/h1-32H. The van der Waals surface area contributed by atoms with Crippen LogP contribution in [0.4, 0.5) is 0 Å². The van der Waals surface area contributed by atoms with E-state index in [0.717, 1.165) is 44.8 Å². The Balaban J connectivity index is 0.997. The molecule has 0 saturated carbocycles. The van der Waals surface area contributed by atoms with Crippen molar-refractivity contribution in [3.8, 4) is 89.5 Å². The molecule has 0 saturated heterocycles. The number of aromatic nitrogens is 2. The van der Waals surface area contributed by atoms with Crippen molar-refractivity contribution in [3.63, 3.8) is 0 Å². The molecule has 0 radical (unpaired) electrons. The summed E-state index contributed by atoms with van der Waals surface area (Å²) in [4.78, 5) is 10.3. The van der Waals surface area contributed by atoms with Gasteiger partial charge in [0.15, 0.2) is 5.82 Å². The van der Waals surface area contributed by atoms with Gasteiger partial charge in [-0.15, -0.1) is 0 Å². The fourth-order valence-electron chi connectivity index (χ4n) is 7.76. The zero-order chi connectivity index (χ0) is 34.4. The number of benzene rings is 8. The first-order chi connectivity index (χ1) is 25.8. The number of rotatable bonds is 6. The molecule has 1 heterocycles. The Hall–Kier alpha value is -6.90. The average molecular weight is 661 g/mol. The highest BCUT2D eigenvalue weighted by Gasteiger charge is 2.22. The Morgan fingerprint density at radius 1 is 0.250 bits per heavy atom. The normalized spacial score (nSPS) is 11.5. The van der Waals surface area contributed by atoms with E-state index >= 15 is 0 Å². The van der Waals surface area contributed by atoms with Gasteiger partial charge in [-0.05, 0) is 72.5 Å². The van der Waals surface area contributed by atoms with Gasteiger partial charge in [0.25, 0.3) is 0 Å². The zero-order valence-electron chi connectivity index (χ0n) is 28.4. The lowest BCUT2D eigenvalue weighted by atomic mass is 9.93. The molecule has 2 nitrogen and oxygen atoms in total. The van der Waals surface area contributed by atoms with E-state index in [4.69, 9.17) is 9.97 Å². The van der Waals surface area contributed by atoms with Crippen LogP contribution in [-0.2, 0) is 0 Å². The van der Waals surface area contributed by atoms with Gasteiger partial charge in [-0.25, -0.2) is 9.97 Å². The van der Waals surface area contributed by atoms with E-state index in [1.54, 1.807) is 0 Å². The third-order valence-corrected chi connectivity index (χ3v) is 10.3. The quantitative estimate of drug-likeness (QED) is 0.177. The van der Waals surface area contributed by atoms with Crippen molar-refractivity contribution in [3.05, 3.63) is 194 Å². The summed E-state index contributed by atoms with van der Waals surface area (Å²) in [5, 5.41) is 2.65. The van der Waals surface area contributed by atoms with Gasteiger partial charge in [0.2, 0.25) is 0 Å². The van der Waals surface area contributed by atoms with Crippen LogP contribution in [0.5, 0.6) is 0 Å². The van der Waals surface area contributed by atoms with E-state index in [1.807, 2.05) is 12.1 Å². The number of nitrogens with zero attached hydrogens (tertiary/aromatic N) is 2. The van der Waals surface area contributed by atoms with Gasteiger partial charge in [-0.1, -0.05) is 188 Å². The van der Waals surface area contributed by atoms with E-state index in [-0.39, 0.29) is 0 Å². The Morgan fingerprint density at radius 3 is 1.31 bits per heavy atom. The van der Waals surface area contributed by atoms with Gasteiger partial charge < -0.3 is 0 Å². The second-order valence-corrected chi connectivity index (χ2v) is 13.3. The number of fused-ring (bicyclic) bond motifs is 3. The Labute approximate surface area is 303 Å². The summed E-state index contributed by atoms with van der Waals surface area (Å²) in [6.45, 7) is 0. The molecule has 0 unspecified atom stereocenters. The van der Waals surface area contributed by atoms with Crippen LogP contribution in [0.2, 0.25) is 0 Å². The van der Waals surface area contributed by atoms with Crippen LogP contribution in [0.25, 0.3) is 100 Å². The van der Waals surface area contributed by atoms with Gasteiger partial charge in [-0.3, -0.25) is 0 Å². The van der Waals surface area contributed by atoms with Crippen LogP contribution in [0.1, 0.15) is 0 Å². The third kappa shape index (κ3) is 5.12. The van der Waals surface area contributed by atoms with Gasteiger partial charge in [0.1, 0.15) is 0 Å². The van der Waals surface area contributed by atoms with Crippen LogP contribution in [0.3, 0.4) is 0 Å². The van der Waals surface area contributed by atoms with Crippen molar-refractivity contribution in [2.45, 2.75) is 0 Å². The smallest absolute Gasteiger partial charge is 0.161 e. The van der Waals surface area contributed by atoms with Crippen LogP contribution in [0, 0.1) is 0 Å². The molecule has 0 spiro atoms. The first-order valence-corrected chi connectivity index (χ1v) is 17.7. The maximum absolute atomic E-state index is 5.18. The molecule has 1 aliphatic rings. The van der Waals surface area contributed by atoms with Crippen molar-refractivity contribution in [1.82, 2.24) is 9.97 Å². The van der Waals surface area contributed by atoms with Crippen molar-refractivity contribution >= 4 is 10.8 Å². The highest BCUT2D eigenvalue weighted by molar-refractivity contribution is 6.18. The van der Waals surface area contributed by atoms with Crippen molar-refractivity contribution < 1.29 is 0 Å². The van der Waals surface area contributed by atoms with Gasteiger partial charge >= 0.3 is 0 Å². The van der Waals surface area contributed by atoms with E-state index in [0.29, 0.717) is 5.82 Å². The Kier molecular flexibility index (Phi) is 7.18. The van der Waals surface area contributed by atoms with Crippen LogP contribution < -0.4 is 0 Å². The molecular weight excluding hydrogens is 629 g/mol. The first-order valence-electron chi connectivity index (χ1n) is 17.7. The topological polar surface area (TPSA) is 25.8 Å². The van der Waals surface area contributed by atoms with Gasteiger partial charge in [0.05, 0.1) is 11.4 Å². The molecule has 8 aromatic carbocycles. The molecule has 0 amide bonds. The average Bonchev–Trinajstić information content (AvgIpc) is 3.56. The molecule has 242 valence electrons. The molecule has 1 aliphatic carbocycles. The Bertz CT molecular complexity index is 2720. The lowest BCUT2D eigenvalue weighted by Gasteiger charge is -2.13. The molecule has 52 heavy (non-hydrogen) atoms. The van der Waals surface area contributed by atoms with Crippen LogP contribution >= 0.6 is 0 Å². The molecule has 2 heteroatoms. The largest absolute Gasteiger partial charge is 0.228 e. The van der Waals surface area contributed by atoms with Crippen molar-refractivity contribution in [2.75, 3.05) is 0 Å². The third-order valence-electron chi connectivity index (χ3n) is 10.3. The predicted octanol–water partition coefficient (Wildman–Crippen LogP) is 13.3. The monoisotopic (exact) mass is 660 g/mol. The summed E-state index contributed by atoms with van der Waals surface area (Å²) in [6, 6.07) is 69.1. The Morgan fingerprint density at radius 2 is 0.673 bits per heavy atom. The van der Waals surface area contributed by atoms with Gasteiger partial charge in [0, 0.05) is 16.7 Å². The fourth-order valence-corrected chi connectivity index (χ4v) is 7.76. The minimum absolute atomic E-state index is 0.711. The maximum atomic E-state index is 5.18. The van der Waals surface area contributed by atoms with E-state index in [1.165, 1.54) is 49.7 Å². The molecule has 0 N–H and O–H groups in total. The van der Waals surface area contributed by atoms with Gasteiger partial charge in [-0.2, -0.15) is 0 Å².